The summed E-state index contributed by atoms with van der Waals surface area (Å²) >= 11 is 0. The molecule has 0 heterocycles. The van der Waals surface area contributed by atoms with Crippen LogP contribution in [-0.4, -0.2) is 41.8 Å². The molecule has 3 N–H and O–H groups in total. The van der Waals surface area contributed by atoms with Crippen LogP contribution in [-0.2, 0) is 0 Å². The fraction of sp³-hybridized carbons (Fsp3) is 1.00. The summed E-state index contributed by atoms with van der Waals surface area (Å²) in [5, 5.41) is 9.81. The molecule has 1 fully saturated rings. The Bertz CT molecular complexity index is 245. The molecule has 2 unspecified atom stereocenters. The molecule has 1 aliphatic carbocycles. The highest BCUT2D eigenvalue weighted by molar-refractivity contribution is 4.92. The summed E-state index contributed by atoms with van der Waals surface area (Å²) in [4.78, 5) is 2.21. The Morgan fingerprint density at radius 1 is 1.41 bits per heavy atom. The average Bonchev–Trinajstić information content (AvgIpc) is 2.09. The molecular weight excluding hydrogens is 212 g/mol. The Kier molecular flexibility index (Phi) is 4.61. The number of nitrogens with two attached hydrogens (primary N) is 1. The van der Waals surface area contributed by atoms with Crippen LogP contribution in [0.5, 0.6) is 0 Å². The molecule has 17 heavy (non-hydrogen) atoms. The molecule has 0 aliphatic heterocycles. The number of likely N-dealkylation sites (N-methyl/N-ethyl adjacent to an activating group) is 1. The van der Waals surface area contributed by atoms with Crippen LogP contribution in [0, 0.1) is 11.3 Å². The monoisotopic (exact) mass is 242 g/mol. The van der Waals surface area contributed by atoms with Gasteiger partial charge >= 0.3 is 0 Å². The van der Waals surface area contributed by atoms with Gasteiger partial charge in [0.15, 0.2) is 0 Å². The highest BCUT2D eigenvalue weighted by Gasteiger charge is 2.36. The van der Waals surface area contributed by atoms with Gasteiger partial charge in [0.1, 0.15) is 0 Å². The summed E-state index contributed by atoms with van der Waals surface area (Å²) in [6.07, 6.45) is 3.74. The van der Waals surface area contributed by atoms with Crippen molar-refractivity contribution in [1.82, 2.24) is 4.90 Å². The molecular formula is C14H30N2O. The van der Waals surface area contributed by atoms with Crippen LogP contribution in [0.2, 0.25) is 0 Å². The molecule has 0 bridgehead atoms. The Labute approximate surface area is 106 Å². The van der Waals surface area contributed by atoms with E-state index in [1.807, 2.05) is 13.8 Å². The van der Waals surface area contributed by atoms with Gasteiger partial charge in [-0.15, -0.1) is 0 Å². The predicted molar refractivity (Wildman–Crippen MR) is 72.9 cm³/mol. The predicted octanol–water partition coefficient (Wildman–Crippen LogP) is 1.84. The van der Waals surface area contributed by atoms with E-state index in [2.05, 4.69) is 25.8 Å². The first-order valence-corrected chi connectivity index (χ1v) is 6.78. The third-order valence-corrected chi connectivity index (χ3v) is 4.01. The molecule has 0 amide bonds. The van der Waals surface area contributed by atoms with Gasteiger partial charge < -0.3 is 15.7 Å². The largest absolute Gasteiger partial charge is 0.389 e. The topological polar surface area (TPSA) is 49.5 Å². The molecule has 0 aromatic carbocycles. The van der Waals surface area contributed by atoms with E-state index in [9.17, 15) is 5.11 Å². The summed E-state index contributed by atoms with van der Waals surface area (Å²) in [6.45, 7) is 9.97. The molecule has 102 valence electrons. The maximum atomic E-state index is 9.81. The molecule has 0 aromatic heterocycles. The first kappa shape index (κ1) is 14.9. The van der Waals surface area contributed by atoms with Gasteiger partial charge in [-0.05, 0) is 45.1 Å². The van der Waals surface area contributed by atoms with Crippen LogP contribution in [0.25, 0.3) is 0 Å². The highest BCUT2D eigenvalue weighted by Crippen LogP contribution is 2.37. The lowest BCUT2D eigenvalue weighted by Crippen LogP contribution is -2.51. The molecule has 0 spiro atoms. The second-order valence-corrected chi connectivity index (χ2v) is 7.18. The second kappa shape index (κ2) is 5.25. The van der Waals surface area contributed by atoms with Crippen molar-refractivity contribution in [2.24, 2.45) is 17.1 Å². The van der Waals surface area contributed by atoms with Crippen molar-refractivity contribution in [2.45, 2.75) is 58.6 Å². The molecule has 1 aliphatic rings. The summed E-state index contributed by atoms with van der Waals surface area (Å²) < 4.78 is 0. The number of hydrogen-bond donors (Lipinski definition) is 2. The lowest BCUT2D eigenvalue weighted by Gasteiger charge is -2.43. The Morgan fingerprint density at radius 3 is 2.53 bits per heavy atom. The Balaban J connectivity index is 2.51. The van der Waals surface area contributed by atoms with E-state index in [1.165, 1.54) is 19.3 Å². The Hall–Kier alpha value is -0.120. The van der Waals surface area contributed by atoms with Gasteiger partial charge in [-0.3, -0.25) is 0 Å². The fourth-order valence-electron chi connectivity index (χ4n) is 3.13. The zero-order chi connectivity index (χ0) is 13.3. The van der Waals surface area contributed by atoms with Gasteiger partial charge in [0.05, 0.1) is 5.60 Å². The smallest absolute Gasteiger partial charge is 0.0718 e. The van der Waals surface area contributed by atoms with Crippen molar-refractivity contribution < 1.29 is 5.11 Å². The quantitative estimate of drug-likeness (QED) is 0.791. The minimum atomic E-state index is -0.622. The van der Waals surface area contributed by atoms with Gasteiger partial charge in [0, 0.05) is 19.1 Å². The summed E-state index contributed by atoms with van der Waals surface area (Å²) in [5.41, 5.74) is 6.02. The average molecular weight is 242 g/mol. The third-order valence-electron chi connectivity index (χ3n) is 4.01. The molecule has 0 aromatic rings. The van der Waals surface area contributed by atoms with Crippen LogP contribution in [0.15, 0.2) is 0 Å². The van der Waals surface area contributed by atoms with Crippen LogP contribution in [0.4, 0.5) is 0 Å². The first-order valence-electron chi connectivity index (χ1n) is 6.78. The molecule has 0 saturated heterocycles. The normalized spacial score (nSPS) is 29.6. The molecule has 2 atom stereocenters. The SMILES string of the molecule is CN(CC1CCCC(C)(C)C1N)CC(C)(C)O. The van der Waals surface area contributed by atoms with E-state index in [-0.39, 0.29) is 11.5 Å². The lowest BCUT2D eigenvalue weighted by atomic mass is 9.68. The molecule has 1 saturated carbocycles. The molecule has 0 radical (unpaired) electrons. The van der Waals surface area contributed by atoms with Gasteiger partial charge in [-0.1, -0.05) is 20.3 Å². The summed E-state index contributed by atoms with van der Waals surface area (Å²) in [6, 6.07) is 0.278. The number of hydrogen-bond acceptors (Lipinski definition) is 3. The summed E-state index contributed by atoms with van der Waals surface area (Å²) in [7, 11) is 2.08. The summed E-state index contributed by atoms with van der Waals surface area (Å²) in [5.74, 6) is 0.561. The van der Waals surface area contributed by atoms with Gasteiger partial charge in [-0.25, -0.2) is 0 Å². The van der Waals surface area contributed by atoms with Crippen molar-refractivity contribution in [3.05, 3.63) is 0 Å². The van der Waals surface area contributed by atoms with Crippen molar-refractivity contribution in [2.75, 3.05) is 20.1 Å². The van der Waals surface area contributed by atoms with Crippen LogP contribution >= 0.6 is 0 Å². The maximum Gasteiger partial charge on any atom is 0.0718 e. The van der Waals surface area contributed by atoms with Crippen molar-refractivity contribution in [3.63, 3.8) is 0 Å². The van der Waals surface area contributed by atoms with Gasteiger partial charge in [0.2, 0.25) is 0 Å². The van der Waals surface area contributed by atoms with Crippen molar-refractivity contribution >= 4 is 0 Å². The number of aliphatic hydroxyl groups is 1. The van der Waals surface area contributed by atoms with Gasteiger partial charge in [0.25, 0.3) is 0 Å². The molecule has 3 nitrogen and oxygen atoms in total. The minimum Gasteiger partial charge on any atom is -0.389 e. The first-order chi connectivity index (χ1) is 7.62. The van der Waals surface area contributed by atoms with Crippen LogP contribution < -0.4 is 5.73 Å². The minimum absolute atomic E-state index is 0.262. The van der Waals surface area contributed by atoms with Crippen LogP contribution in [0.3, 0.4) is 0 Å². The van der Waals surface area contributed by atoms with Crippen molar-refractivity contribution in [1.29, 1.82) is 0 Å². The highest BCUT2D eigenvalue weighted by atomic mass is 16.3. The van der Waals surface area contributed by atoms with E-state index in [4.69, 9.17) is 5.73 Å². The lowest BCUT2D eigenvalue weighted by molar-refractivity contribution is 0.0300. The van der Waals surface area contributed by atoms with E-state index in [0.717, 1.165) is 6.54 Å². The zero-order valence-corrected chi connectivity index (χ0v) is 12.2. The van der Waals surface area contributed by atoms with Crippen molar-refractivity contribution in [3.8, 4) is 0 Å². The zero-order valence-electron chi connectivity index (χ0n) is 12.2. The number of rotatable bonds is 4. The number of nitrogens with zero attached hydrogens (tertiary/aromatic N) is 1. The molecule has 3 heteroatoms. The second-order valence-electron chi connectivity index (χ2n) is 7.18. The van der Waals surface area contributed by atoms with Gasteiger partial charge in [-0.2, -0.15) is 0 Å². The molecule has 1 rings (SSSR count). The maximum absolute atomic E-state index is 9.81. The standard InChI is InChI=1S/C14H30N2O/c1-13(2)8-6-7-11(12(13)15)9-16(5)10-14(3,4)17/h11-12,17H,6-10,15H2,1-5H3. The van der Waals surface area contributed by atoms with E-state index < -0.39 is 5.60 Å². The Morgan fingerprint density at radius 2 is 2.00 bits per heavy atom. The fourth-order valence-corrected chi connectivity index (χ4v) is 3.13. The van der Waals surface area contributed by atoms with E-state index >= 15 is 0 Å². The third kappa shape index (κ3) is 4.57. The van der Waals surface area contributed by atoms with E-state index in [1.54, 1.807) is 0 Å². The van der Waals surface area contributed by atoms with E-state index in [0.29, 0.717) is 12.5 Å². The van der Waals surface area contributed by atoms with Crippen LogP contribution in [0.1, 0.15) is 47.0 Å².